The lowest BCUT2D eigenvalue weighted by Crippen LogP contribution is -2.30. The number of ether oxygens (including phenoxy) is 1. The molecule has 5 nitrogen and oxygen atoms in total. The summed E-state index contributed by atoms with van der Waals surface area (Å²) in [5.74, 6) is 1.84. The number of aromatic amines is 1. The molecule has 5 heteroatoms. The minimum Gasteiger partial charge on any atom is -0.497 e. The Labute approximate surface area is 126 Å². The maximum atomic E-state index is 5.31. The molecule has 1 unspecified atom stereocenters. The number of nitrogens with zero attached hydrogens (tertiary/aromatic N) is 2. The molecule has 0 radical (unpaired) electrons. The highest BCUT2D eigenvalue weighted by Gasteiger charge is 2.14. The number of imidazole rings is 1. The van der Waals surface area contributed by atoms with E-state index in [2.05, 4.69) is 46.4 Å². The van der Waals surface area contributed by atoms with Gasteiger partial charge in [0, 0.05) is 31.0 Å². The van der Waals surface area contributed by atoms with Crippen molar-refractivity contribution in [2.75, 3.05) is 27.7 Å². The number of hydrogen-bond donors (Lipinski definition) is 2. The Kier molecular flexibility index (Phi) is 5.36. The molecule has 0 saturated carbocycles. The third kappa shape index (κ3) is 4.31. The van der Waals surface area contributed by atoms with E-state index in [1.54, 1.807) is 7.11 Å². The molecule has 2 aromatic rings. The first-order valence-electron chi connectivity index (χ1n) is 7.11. The highest BCUT2D eigenvalue weighted by atomic mass is 16.5. The Morgan fingerprint density at radius 3 is 2.81 bits per heavy atom. The molecule has 1 atom stereocenters. The molecule has 114 valence electrons. The molecule has 0 bridgehead atoms. The van der Waals surface area contributed by atoms with Crippen LogP contribution in [-0.4, -0.2) is 42.6 Å². The Bertz CT molecular complexity index is 565. The third-order valence-electron chi connectivity index (χ3n) is 3.51. The number of methoxy groups -OCH3 is 1. The van der Waals surface area contributed by atoms with Gasteiger partial charge in [0.1, 0.15) is 11.6 Å². The van der Waals surface area contributed by atoms with Crippen LogP contribution in [0.3, 0.4) is 0 Å². The van der Waals surface area contributed by atoms with Crippen molar-refractivity contribution in [2.45, 2.75) is 19.5 Å². The largest absolute Gasteiger partial charge is 0.497 e. The fourth-order valence-electron chi connectivity index (χ4n) is 2.35. The smallest absolute Gasteiger partial charge is 0.119 e. The molecule has 0 amide bonds. The van der Waals surface area contributed by atoms with Crippen molar-refractivity contribution in [1.29, 1.82) is 0 Å². The van der Waals surface area contributed by atoms with Gasteiger partial charge >= 0.3 is 0 Å². The van der Waals surface area contributed by atoms with Crippen molar-refractivity contribution >= 4 is 0 Å². The summed E-state index contributed by atoms with van der Waals surface area (Å²) in [5, 5.41) is 3.48. The average Bonchev–Trinajstić information content (AvgIpc) is 2.89. The molecule has 0 aliphatic rings. The Morgan fingerprint density at radius 2 is 2.19 bits per heavy atom. The number of hydrogen-bond acceptors (Lipinski definition) is 4. The maximum Gasteiger partial charge on any atom is 0.119 e. The van der Waals surface area contributed by atoms with Gasteiger partial charge in [-0.3, -0.25) is 0 Å². The van der Waals surface area contributed by atoms with Crippen LogP contribution < -0.4 is 10.1 Å². The lowest BCUT2D eigenvalue weighted by molar-refractivity contribution is 0.287. The standard InChI is InChI=1S/C16H24N4O/c1-12-18-10-14(19-12)9-17-11-16(20(2)3)13-6-5-7-15(8-13)21-4/h5-8,10,16-17H,9,11H2,1-4H3,(H,18,19). The molecule has 2 rings (SSSR count). The molecule has 1 heterocycles. The van der Waals surface area contributed by atoms with Crippen LogP contribution in [0, 0.1) is 6.92 Å². The third-order valence-corrected chi connectivity index (χ3v) is 3.51. The maximum absolute atomic E-state index is 5.31. The van der Waals surface area contributed by atoms with Gasteiger partial charge in [-0.15, -0.1) is 0 Å². The molecule has 21 heavy (non-hydrogen) atoms. The van der Waals surface area contributed by atoms with Crippen molar-refractivity contribution in [3.8, 4) is 5.75 Å². The minimum absolute atomic E-state index is 0.295. The van der Waals surface area contributed by atoms with Crippen LogP contribution in [0.5, 0.6) is 5.75 Å². The second kappa shape index (κ2) is 7.24. The van der Waals surface area contributed by atoms with E-state index in [1.807, 2.05) is 25.3 Å². The number of benzene rings is 1. The summed E-state index contributed by atoms with van der Waals surface area (Å²) in [6.45, 7) is 3.61. The van der Waals surface area contributed by atoms with Crippen molar-refractivity contribution < 1.29 is 4.74 Å². The van der Waals surface area contributed by atoms with Crippen LogP contribution in [0.4, 0.5) is 0 Å². The number of rotatable bonds is 7. The highest BCUT2D eigenvalue weighted by molar-refractivity contribution is 5.30. The van der Waals surface area contributed by atoms with Gasteiger partial charge in [0.25, 0.3) is 0 Å². The zero-order chi connectivity index (χ0) is 15.2. The molecule has 0 fully saturated rings. The minimum atomic E-state index is 0.295. The molecule has 2 N–H and O–H groups in total. The number of H-pyrrole nitrogens is 1. The van der Waals surface area contributed by atoms with Crippen LogP contribution >= 0.6 is 0 Å². The first-order valence-corrected chi connectivity index (χ1v) is 7.11. The number of aromatic nitrogens is 2. The van der Waals surface area contributed by atoms with Gasteiger partial charge in [-0.2, -0.15) is 0 Å². The number of aryl methyl sites for hydroxylation is 1. The van der Waals surface area contributed by atoms with Crippen molar-refractivity contribution in [3.05, 3.63) is 47.5 Å². The molecular formula is C16H24N4O. The summed E-state index contributed by atoms with van der Waals surface area (Å²) < 4.78 is 5.31. The van der Waals surface area contributed by atoms with Crippen molar-refractivity contribution in [3.63, 3.8) is 0 Å². The van der Waals surface area contributed by atoms with Gasteiger partial charge < -0.3 is 19.9 Å². The van der Waals surface area contributed by atoms with Gasteiger partial charge in [-0.1, -0.05) is 12.1 Å². The molecule has 0 aliphatic carbocycles. The highest BCUT2D eigenvalue weighted by Crippen LogP contribution is 2.22. The summed E-state index contributed by atoms with van der Waals surface area (Å²) in [4.78, 5) is 9.65. The van der Waals surface area contributed by atoms with E-state index >= 15 is 0 Å². The van der Waals surface area contributed by atoms with E-state index < -0.39 is 0 Å². The van der Waals surface area contributed by atoms with Crippen molar-refractivity contribution in [2.24, 2.45) is 0 Å². The van der Waals surface area contributed by atoms with E-state index in [4.69, 9.17) is 4.74 Å². The van der Waals surface area contributed by atoms with Gasteiger partial charge in [0.15, 0.2) is 0 Å². The topological polar surface area (TPSA) is 53.2 Å². The molecule has 1 aromatic heterocycles. The van der Waals surface area contributed by atoms with Crippen molar-refractivity contribution in [1.82, 2.24) is 20.2 Å². The van der Waals surface area contributed by atoms with E-state index in [-0.39, 0.29) is 0 Å². The second-order valence-corrected chi connectivity index (χ2v) is 5.38. The van der Waals surface area contributed by atoms with E-state index in [0.29, 0.717) is 6.04 Å². The van der Waals surface area contributed by atoms with E-state index in [9.17, 15) is 0 Å². The summed E-state index contributed by atoms with van der Waals surface area (Å²) in [6, 6.07) is 8.52. The lowest BCUT2D eigenvalue weighted by Gasteiger charge is -2.25. The predicted octanol–water partition coefficient (Wildman–Crippen LogP) is 2.12. The molecule has 0 spiro atoms. The lowest BCUT2D eigenvalue weighted by atomic mass is 10.1. The molecule has 0 aliphatic heterocycles. The normalized spacial score (nSPS) is 12.6. The predicted molar refractivity (Wildman–Crippen MR) is 84.5 cm³/mol. The zero-order valence-electron chi connectivity index (χ0n) is 13.2. The monoisotopic (exact) mass is 288 g/mol. The van der Waals surface area contributed by atoms with Crippen LogP contribution in [0.2, 0.25) is 0 Å². The quantitative estimate of drug-likeness (QED) is 0.819. The Morgan fingerprint density at radius 1 is 1.38 bits per heavy atom. The van der Waals surface area contributed by atoms with Gasteiger partial charge in [0.05, 0.1) is 7.11 Å². The van der Waals surface area contributed by atoms with Gasteiger partial charge in [0.2, 0.25) is 0 Å². The Balaban J connectivity index is 1.98. The van der Waals surface area contributed by atoms with Crippen LogP contribution in [0.25, 0.3) is 0 Å². The van der Waals surface area contributed by atoms with Gasteiger partial charge in [-0.25, -0.2) is 4.98 Å². The SMILES string of the molecule is COc1cccc(C(CNCc2cnc(C)[nH]2)N(C)C)c1. The fourth-order valence-corrected chi connectivity index (χ4v) is 2.35. The average molecular weight is 288 g/mol. The molecule has 0 saturated heterocycles. The zero-order valence-corrected chi connectivity index (χ0v) is 13.2. The van der Waals surface area contributed by atoms with E-state index in [0.717, 1.165) is 30.4 Å². The summed E-state index contributed by atoms with van der Waals surface area (Å²) >= 11 is 0. The molecule has 1 aromatic carbocycles. The summed E-state index contributed by atoms with van der Waals surface area (Å²) in [7, 11) is 5.88. The van der Waals surface area contributed by atoms with E-state index in [1.165, 1.54) is 5.56 Å². The summed E-state index contributed by atoms with van der Waals surface area (Å²) in [5.41, 5.74) is 2.35. The first-order chi connectivity index (χ1) is 10.1. The number of likely N-dealkylation sites (N-methyl/N-ethyl adjacent to an activating group) is 1. The Hall–Kier alpha value is -1.85. The van der Waals surface area contributed by atoms with Gasteiger partial charge in [-0.05, 0) is 38.7 Å². The van der Waals surface area contributed by atoms with Crippen LogP contribution in [0.1, 0.15) is 23.1 Å². The first kappa shape index (κ1) is 15.5. The van der Waals surface area contributed by atoms with Crippen LogP contribution in [0.15, 0.2) is 30.5 Å². The second-order valence-electron chi connectivity index (χ2n) is 5.38. The van der Waals surface area contributed by atoms with Crippen LogP contribution in [-0.2, 0) is 6.54 Å². The summed E-state index contributed by atoms with van der Waals surface area (Å²) in [6.07, 6.45) is 1.87. The molecular weight excluding hydrogens is 264 g/mol. The number of nitrogens with one attached hydrogen (secondary N) is 2. The fraction of sp³-hybridized carbons (Fsp3) is 0.438.